The zero-order chi connectivity index (χ0) is 15.2. The maximum Gasteiger partial charge on any atom is 0.122 e. The molecule has 2 N–H and O–H groups in total. The lowest BCUT2D eigenvalue weighted by Crippen LogP contribution is -2.11. The third kappa shape index (κ3) is 4.29. The molecule has 2 rings (SSSR count). The van der Waals surface area contributed by atoms with E-state index in [1.54, 1.807) is 4.68 Å². The van der Waals surface area contributed by atoms with Crippen LogP contribution in [-0.4, -0.2) is 21.6 Å². The summed E-state index contributed by atoms with van der Waals surface area (Å²) in [5.74, 6) is 0.929. The highest BCUT2D eigenvalue weighted by atomic mass is 16.5. The molecule has 1 atom stereocenters. The van der Waals surface area contributed by atoms with E-state index in [-0.39, 0.29) is 6.04 Å². The summed E-state index contributed by atoms with van der Waals surface area (Å²) in [4.78, 5) is 0. The van der Waals surface area contributed by atoms with Crippen molar-refractivity contribution < 1.29 is 4.74 Å². The molecule has 0 bridgehead atoms. The van der Waals surface area contributed by atoms with Crippen LogP contribution in [0.15, 0.2) is 24.4 Å². The lowest BCUT2D eigenvalue weighted by atomic mass is 10.1. The summed E-state index contributed by atoms with van der Waals surface area (Å²) in [7, 11) is 0. The van der Waals surface area contributed by atoms with Crippen LogP contribution < -0.4 is 10.5 Å². The average molecular weight is 288 g/mol. The Labute approximate surface area is 126 Å². The zero-order valence-electron chi connectivity index (χ0n) is 13.0. The van der Waals surface area contributed by atoms with E-state index in [2.05, 4.69) is 42.4 Å². The van der Waals surface area contributed by atoms with Gasteiger partial charge in [-0.1, -0.05) is 30.7 Å². The Balaban J connectivity index is 1.87. The fraction of sp³-hybridized carbons (Fsp3) is 0.500. The highest BCUT2D eigenvalue weighted by molar-refractivity contribution is 5.35. The summed E-state index contributed by atoms with van der Waals surface area (Å²) < 4.78 is 7.61. The molecule has 2 aromatic rings. The minimum Gasteiger partial charge on any atom is -0.491 e. The molecule has 114 valence electrons. The third-order valence-corrected chi connectivity index (χ3v) is 3.46. The Morgan fingerprint density at radius 2 is 2.14 bits per heavy atom. The van der Waals surface area contributed by atoms with Crippen molar-refractivity contribution in [1.82, 2.24) is 15.0 Å². The van der Waals surface area contributed by atoms with E-state index in [0.717, 1.165) is 29.8 Å². The van der Waals surface area contributed by atoms with Crippen molar-refractivity contribution in [2.24, 2.45) is 5.73 Å². The van der Waals surface area contributed by atoms with Crippen LogP contribution in [0.25, 0.3) is 0 Å². The number of aromatic nitrogens is 3. The number of hydrogen-bond donors (Lipinski definition) is 1. The van der Waals surface area contributed by atoms with Gasteiger partial charge in [0.05, 0.1) is 24.5 Å². The molecule has 0 fully saturated rings. The molecule has 0 aliphatic heterocycles. The van der Waals surface area contributed by atoms with Crippen LogP contribution >= 0.6 is 0 Å². The molecule has 5 nitrogen and oxygen atoms in total. The van der Waals surface area contributed by atoms with Crippen LogP contribution in [0.3, 0.4) is 0 Å². The Morgan fingerprint density at radius 1 is 1.33 bits per heavy atom. The minimum atomic E-state index is -0.0244. The van der Waals surface area contributed by atoms with Gasteiger partial charge in [0.1, 0.15) is 12.4 Å². The normalized spacial score (nSPS) is 12.4. The molecule has 0 saturated heterocycles. The lowest BCUT2D eigenvalue weighted by Gasteiger charge is -2.09. The molecule has 5 heteroatoms. The largest absolute Gasteiger partial charge is 0.491 e. The highest BCUT2D eigenvalue weighted by Gasteiger charge is 2.09. The number of nitrogens with two attached hydrogens (primary N) is 1. The number of benzene rings is 1. The Kier molecular flexibility index (Phi) is 5.33. The summed E-state index contributed by atoms with van der Waals surface area (Å²) in [6.45, 7) is 7.45. The van der Waals surface area contributed by atoms with Gasteiger partial charge in [-0.15, -0.1) is 5.10 Å². The fourth-order valence-electron chi connectivity index (χ4n) is 2.16. The van der Waals surface area contributed by atoms with E-state index >= 15 is 0 Å². The maximum absolute atomic E-state index is 6.03. The first-order valence-electron chi connectivity index (χ1n) is 7.45. The van der Waals surface area contributed by atoms with Crippen molar-refractivity contribution in [3.63, 3.8) is 0 Å². The van der Waals surface area contributed by atoms with E-state index in [1.807, 2.05) is 13.1 Å². The molecule has 1 aromatic carbocycles. The second kappa shape index (κ2) is 7.22. The van der Waals surface area contributed by atoms with Gasteiger partial charge in [0, 0.05) is 0 Å². The van der Waals surface area contributed by atoms with Gasteiger partial charge in [0.25, 0.3) is 0 Å². The first kappa shape index (κ1) is 15.5. The number of hydrogen-bond acceptors (Lipinski definition) is 4. The predicted molar refractivity (Wildman–Crippen MR) is 83.3 cm³/mol. The molecule has 0 spiro atoms. The van der Waals surface area contributed by atoms with Gasteiger partial charge in [0.15, 0.2) is 0 Å². The zero-order valence-corrected chi connectivity index (χ0v) is 13.0. The van der Waals surface area contributed by atoms with Gasteiger partial charge in [-0.25, -0.2) is 4.68 Å². The van der Waals surface area contributed by atoms with E-state index in [4.69, 9.17) is 10.5 Å². The number of rotatable bonds is 7. The molecular weight excluding hydrogens is 264 g/mol. The van der Waals surface area contributed by atoms with E-state index in [0.29, 0.717) is 13.2 Å². The Hall–Kier alpha value is -1.88. The Bertz CT molecular complexity index is 579. The van der Waals surface area contributed by atoms with Gasteiger partial charge in [-0.05, 0) is 37.5 Å². The van der Waals surface area contributed by atoms with Crippen LogP contribution in [0, 0.1) is 13.8 Å². The van der Waals surface area contributed by atoms with E-state index < -0.39 is 0 Å². The predicted octanol–water partition coefficient (Wildman–Crippen LogP) is 2.77. The first-order valence-corrected chi connectivity index (χ1v) is 7.45. The van der Waals surface area contributed by atoms with Crippen molar-refractivity contribution in [3.8, 4) is 5.75 Å². The lowest BCUT2D eigenvalue weighted by molar-refractivity contribution is 0.288. The molecule has 1 heterocycles. The number of ether oxygens (including phenoxy) is 1. The van der Waals surface area contributed by atoms with Crippen LogP contribution in [0.1, 0.15) is 42.6 Å². The van der Waals surface area contributed by atoms with Gasteiger partial charge >= 0.3 is 0 Å². The third-order valence-electron chi connectivity index (χ3n) is 3.46. The first-order chi connectivity index (χ1) is 10.1. The van der Waals surface area contributed by atoms with E-state index in [9.17, 15) is 0 Å². The van der Waals surface area contributed by atoms with Gasteiger partial charge in [-0.2, -0.15) is 0 Å². The fourth-order valence-corrected chi connectivity index (χ4v) is 2.16. The quantitative estimate of drug-likeness (QED) is 0.850. The van der Waals surface area contributed by atoms with Gasteiger partial charge in [0.2, 0.25) is 0 Å². The summed E-state index contributed by atoms with van der Waals surface area (Å²) >= 11 is 0. The number of aryl methyl sites for hydroxylation is 2. The molecule has 1 aromatic heterocycles. The van der Waals surface area contributed by atoms with Crippen molar-refractivity contribution in [2.45, 2.75) is 46.2 Å². The summed E-state index contributed by atoms with van der Waals surface area (Å²) in [6.07, 6.45) is 3.88. The van der Waals surface area contributed by atoms with Crippen LogP contribution in [-0.2, 0) is 6.54 Å². The molecule has 0 saturated carbocycles. The van der Waals surface area contributed by atoms with Crippen LogP contribution in [0.4, 0.5) is 0 Å². The molecule has 0 aliphatic carbocycles. The average Bonchev–Trinajstić information content (AvgIpc) is 2.92. The SMILES string of the molecule is CCCC(N)c1cn(CCOc2cc(C)ccc2C)nn1. The number of nitrogens with zero attached hydrogens (tertiary/aromatic N) is 3. The Morgan fingerprint density at radius 3 is 2.90 bits per heavy atom. The standard InChI is InChI=1S/C16H24N4O/c1-4-5-14(17)15-11-20(19-18-15)8-9-21-16-10-12(2)6-7-13(16)3/h6-7,10-11,14H,4-5,8-9,17H2,1-3H3. The topological polar surface area (TPSA) is 66.0 Å². The van der Waals surface area contributed by atoms with Crippen LogP contribution in [0.5, 0.6) is 5.75 Å². The summed E-state index contributed by atoms with van der Waals surface area (Å²) in [5, 5.41) is 8.22. The van der Waals surface area contributed by atoms with Crippen LogP contribution in [0.2, 0.25) is 0 Å². The minimum absolute atomic E-state index is 0.0244. The van der Waals surface area contributed by atoms with Crippen molar-refractivity contribution >= 4 is 0 Å². The summed E-state index contributed by atoms with van der Waals surface area (Å²) in [6, 6.07) is 6.19. The van der Waals surface area contributed by atoms with Crippen molar-refractivity contribution in [3.05, 3.63) is 41.2 Å². The molecule has 21 heavy (non-hydrogen) atoms. The van der Waals surface area contributed by atoms with Gasteiger partial charge < -0.3 is 10.5 Å². The van der Waals surface area contributed by atoms with Crippen molar-refractivity contribution in [1.29, 1.82) is 0 Å². The van der Waals surface area contributed by atoms with Gasteiger partial charge in [-0.3, -0.25) is 0 Å². The molecular formula is C16H24N4O. The highest BCUT2D eigenvalue weighted by Crippen LogP contribution is 2.19. The smallest absolute Gasteiger partial charge is 0.122 e. The molecule has 0 amide bonds. The van der Waals surface area contributed by atoms with Crippen molar-refractivity contribution in [2.75, 3.05) is 6.61 Å². The second-order valence-electron chi connectivity index (χ2n) is 5.42. The summed E-state index contributed by atoms with van der Waals surface area (Å²) in [5.41, 5.74) is 9.22. The molecule has 0 radical (unpaired) electrons. The molecule has 1 unspecified atom stereocenters. The van der Waals surface area contributed by atoms with E-state index in [1.165, 1.54) is 5.56 Å². The maximum atomic E-state index is 6.03. The second-order valence-corrected chi connectivity index (χ2v) is 5.42. The molecule has 0 aliphatic rings. The monoisotopic (exact) mass is 288 g/mol.